The molecule has 28 heavy (non-hydrogen) atoms. The van der Waals surface area contributed by atoms with E-state index in [0.29, 0.717) is 12.0 Å². The molecule has 0 fully saturated rings. The Morgan fingerprint density at radius 1 is 0.857 bits per heavy atom. The molecule has 0 saturated carbocycles. The van der Waals surface area contributed by atoms with E-state index in [0.717, 1.165) is 45.4 Å². The molecule has 2 unspecified atom stereocenters. The van der Waals surface area contributed by atoms with Crippen LogP contribution in [0.5, 0.6) is 0 Å². The first-order chi connectivity index (χ1) is 13.3. The van der Waals surface area contributed by atoms with E-state index in [1.54, 1.807) is 0 Å². The third-order valence-corrected chi connectivity index (χ3v) is 4.96. The fraction of sp³-hybridized carbons (Fsp3) is 1.00. The Bertz CT molecular complexity index is 378. The summed E-state index contributed by atoms with van der Waals surface area (Å²) in [6, 6.07) is 0.311. The van der Waals surface area contributed by atoms with Gasteiger partial charge in [-0.3, -0.25) is 21.3 Å². The number of hydrazine groups is 2. The van der Waals surface area contributed by atoms with Crippen molar-refractivity contribution >= 4 is 0 Å². The van der Waals surface area contributed by atoms with Crippen LogP contribution in [-0.2, 0) is 0 Å². The van der Waals surface area contributed by atoms with E-state index in [-0.39, 0.29) is 0 Å². The van der Waals surface area contributed by atoms with Gasteiger partial charge in [-0.15, -0.1) is 0 Å². The smallest absolute Gasteiger partial charge is 0.158 e. The lowest BCUT2D eigenvalue weighted by Crippen LogP contribution is -2.89. The van der Waals surface area contributed by atoms with Gasteiger partial charge < -0.3 is 0 Å². The van der Waals surface area contributed by atoms with Crippen molar-refractivity contribution in [2.45, 2.75) is 98.6 Å². The van der Waals surface area contributed by atoms with E-state index in [1.807, 2.05) is 7.05 Å². The maximum absolute atomic E-state index is 3.89. The molecule has 0 aliphatic heterocycles. The lowest BCUT2D eigenvalue weighted by Gasteiger charge is -2.57. The predicted molar refractivity (Wildman–Crippen MR) is 123 cm³/mol. The summed E-state index contributed by atoms with van der Waals surface area (Å²) in [5.74, 6) is 0.0378. The van der Waals surface area contributed by atoms with Crippen LogP contribution in [0.3, 0.4) is 0 Å². The molecule has 0 bridgehead atoms. The van der Waals surface area contributed by atoms with Gasteiger partial charge in [0.2, 0.25) is 0 Å². The highest BCUT2D eigenvalue weighted by Crippen LogP contribution is 2.26. The number of unbranched alkanes of at least 4 members (excludes halogenated alkanes) is 1. The molecular formula is C21H51N7. The lowest BCUT2D eigenvalue weighted by molar-refractivity contribution is -0.130. The van der Waals surface area contributed by atoms with Crippen molar-refractivity contribution in [3.63, 3.8) is 0 Å². The van der Waals surface area contributed by atoms with E-state index < -0.39 is 11.4 Å². The number of hydrogen-bond acceptors (Lipinski definition) is 7. The molecule has 0 aliphatic carbocycles. The Balaban J connectivity index is 6.20. The van der Waals surface area contributed by atoms with Crippen LogP contribution in [0, 0.1) is 5.92 Å². The molecule has 0 spiro atoms. The van der Waals surface area contributed by atoms with Gasteiger partial charge in [-0.2, -0.15) is 5.12 Å². The largest absolute Gasteiger partial charge is 0.291 e. The summed E-state index contributed by atoms with van der Waals surface area (Å²) in [4.78, 5) is 0. The Kier molecular flexibility index (Phi) is 14.5. The fourth-order valence-electron chi connectivity index (χ4n) is 3.63. The molecule has 0 radical (unpaired) electrons. The first kappa shape index (κ1) is 27.7. The molecule has 0 heterocycles. The van der Waals surface area contributed by atoms with Crippen LogP contribution >= 0.6 is 0 Å². The van der Waals surface area contributed by atoms with Crippen LogP contribution in [0.2, 0.25) is 0 Å². The Hall–Kier alpha value is -0.280. The Morgan fingerprint density at radius 3 is 1.96 bits per heavy atom. The summed E-state index contributed by atoms with van der Waals surface area (Å²) in [5.41, 5.74) is 6.94. The first-order valence-electron chi connectivity index (χ1n) is 11.5. The summed E-state index contributed by atoms with van der Waals surface area (Å²) in [6.07, 6.45) is 4.26. The van der Waals surface area contributed by atoms with Crippen molar-refractivity contribution < 1.29 is 0 Å². The third kappa shape index (κ3) is 7.86. The van der Waals surface area contributed by atoms with Gasteiger partial charge in [0.1, 0.15) is 5.66 Å². The summed E-state index contributed by atoms with van der Waals surface area (Å²) in [6.45, 7) is 21.4. The van der Waals surface area contributed by atoms with Crippen molar-refractivity contribution in [1.82, 2.24) is 37.2 Å². The molecule has 7 heteroatoms. The SMILES string of the molecule is CCCCNN(NCC(C)C)C(CC)(NC(C)C)C(NC)(NCC)NCCC. The fourth-order valence-corrected chi connectivity index (χ4v) is 3.63. The van der Waals surface area contributed by atoms with Gasteiger partial charge in [-0.25, -0.2) is 10.9 Å². The lowest BCUT2D eigenvalue weighted by atomic mass is 9.94. The Morgan fingerprint density at radius 2 is 1.54 bits per heavy atom. The highest BCUT2D eigenvalue weighted by Gasteiger charge is 2.54. The molecule has 0 saturated heterocycles. The minimum absolute atomic E-state index is 0.311. The van der Waals surface area contributed by atoms with E-state index in [9.17, 15) is 0 Å². The van der Waals surface area contributed by atoms with Gasteiger partial charge in [-0.1, -0.05) is 48.0 Å². The maximum Gasteiger partial charge on any atom is 0.158 e. The molecule has 0 aliphatic rings. The molecule has 0 rings (SSSR count). The van der Waals surface area contributed by atoms with Crippen molar-refractivity contribution in [3.8, 4) is 0 Å². The first-order valence-corrected chi connectivity index (χ1v) is 11.5. The molecular weight excluding hydrogens is 350 g/mol. The van der Waals surface area contributed by atoms with Gasteiger partial charge in [0.25, 0.3) is 0 Å². The second-order valence-corrected chi connectivity index (χ2v) is 8.32. The average molecular weight is 402 g/mol. The molecule has 0 aromatic carbocycles. The van der Waals surface area contributed by atoms with Crippen LogP contribution in [0.15, 0.2) is 0 Å². The standard InChI is InChI=1S/C21H51N7/c1-10-14-16-25-28(26-17-18(5)6)20(12-3,27-19(7)8)21(22-9,23-13-4)24-15-11-2/h18-19,22-27H,10-17H2,1-9H3. The average Bonchev–Trinajstić information content (AvgIpc) is 2.66. The number of likely N-dealkylation sites (N-methyl/N-ethyl adjacent to an activating group) is 2. The van der Waals surface area contributed by atoms with Crippen molar-refractivity contribution in [3.05, 3.63) is 0 Å². The van der Waals surface area contributed by atoms with Gasteiger partial charge in [0.05, 0.1) is 0 Å². The minimum atomic E-state index is -0.514. The van der Waals surface area contributed by atoms with Crippen molar-refractivity contribution in [1.29, 1.82) is 0 Å². The zero-order valence-electron chi connectivity index (χ0n) is 20.3. The summed E-state index contributed by atoms with van der Waals surface area (Å²) >= 11 is 0. The zero-order valence-corrected chi connectivity index (χ0v) is 20.3. The van der Waals surface area contributed by atoms with E-state index in [4.69, 9.17) is 0 Å². The summed E-state index contributed by atoms with van der Waals surface area (Å²) in [5, 5.41) is 17.2. The third-order valence-electron chi connectivity index (χ3n) is 4.96. The number of rotatable bonds is 18. The normalized spacial score (nSPS) is 16.7. The van der Waals surface area contributed by atoms with E-state index in [1.165, 1.54) is 6.42 Å². The van der Waals surface area contributed by atoms with Gasteiger partial charge in [0, 0.05) is 19.1 Å². The topological polar surface area (TPSA) is 75.4 Å². The van der Waals surface area contributed by atoms with Crippen LogP contribution in [0.25, 0.3) is 0 Å². The second-order valence-electron chi connectivity index (χ2n) is 8.32. The molecule has 170 valence electrons. The molecule has 7 nitrogen and oxygen atoms in total. The second kappa shape index (κ2) is 14.7. The number of nitrogens with one attached hydrogen (secondary N) is 6. The molecule has 0 aromatic rings. The van der Waals surface area contributed by atoms with E-state index >= 15 is 0 Å². The molecule has 2 atom stereocenters. The van der Waals surface area contributed by atoms with Crippen molar-refractivity contribution in [2.75, 3.05) is 33.2 Å². The van der Waals surface area contributed by atoms with Crippen molar-refractivity contribution in [2.24, 2.45) is 5.92 Å². The van der Waals surface area contributed by atoms with Crippen LogP contribution in [0.1, 0.15) is 81.1 Å². The van der Waals surface area contributed by atoms with Crippen LogP contribution in [-0.4, -0.2) is 55.8 Å². The van der Waals surface area contributed by atoms with Gasteiger partial charge in [0.15, 0.2) is 5.79 Å². The predicted octanol–water partition coefficient (Wildman–Crippen LogP) is 2.34. The molecule has 0 aromatic heterocycles. The van der Waals surface area contributed by atoms with Gasteiger partial charge >= 0.3 is 0 Å². The highest BCUT2D eigenvalue weighted by molar-refractivity contribution is 5.05. The Labute approximate surface area is 175 Å². The number of nitrogens with zero attached hydrogens (tertiary/aromatic N) is 1. The summed E-state index contributed by atoms with van der Waals surface area (Å²) in [7, 11) is 2.03. The number of hydrogen-bond donors (Lipinski definition) is 6. The highest BCUT2D eigenvalue weighted by atomic mass is 15.8. The van der Waals surface area contributed by atoms with Gasteiger partial charge in [-0.05, 0) is 59.2 Å². The van der Waals surface area contributed by atoms with Crippen LogP contribution in [0.4, 0.5) is 0 Å². The van der Waals surface area contributed by atoms with Crippen LogP contribution < -0.4 is 32.1 Å². The van der Waals surface area contributed by atoms with E-state index in [2.05, 4.69) is 92.6 Å². The monoisotopic (exact) mass is 401 g/mol. The zero-order chi connectivity index (χ0) is 21.6. The molecule has 6 N–H and O–H groups in total. The maximum atomic E-state index is 3.89. The quantitative estimate of drug-likeness (QED) is 0.120. The molecule has 0 amide bonds. The summed E-state index contributed by atoms with van der Waals surface area (Å²) < 4.78 is 0. The minimum Gasteiger partial charge on any atom is -0.291 e.